The highest BCUT2D eigenvalue weighted by Crippen LogP contribution is 2.34. The van der Waals surface area contributed by atoms with Crippen LogP contribution in [-0.4, -0.2) is 92.3 Å². The van der Waals surface area contributed by atoms with E-state index in [0.717, 1.165) is 37.1 Å². The fourth-order valence-electron chi connectivity index (χ4n) is 6.15. The molecule has 12 heteroatoms. The van der Waals surface area contributed by atoms with Gasteiger partial charge in [0.1, 0.15) is 11.5 Å². The first kappa shape index (κ1) is 36.8. The van der Waals surface area contributed by atoms with Crippen LogP contribution in [0, 0.1) is 5.92 Å². The molecule has 2 aliphatic heterocycles. The number of fused-ring (bicyclic) bond motifs is 2. The number of aliphatic hydroxyl groups excluding tert-OH is 1. The predicted molar refractivity (Wildman–Crippen MR) is 191 cm³/mol. The van der Waals surface area contributed by atoms with Crippen LogP contribution < -0.4 is 29.6 Å². The zero-order chi connectivity index (χ0) is 35.6. The van der Waals surface area contributed by atoms with Crippen LogP contribution in [-0.2, 0) is 11.3 Å². The van der Waals surface area contributed by atoms with E-state index in [0.29, 0.717) is 53.9 Å². The first-order chi connectivity index (χ1) is 24.1. The van der Waals surface area contributed by atoms with Gasteiger partial charge >= 0.3 is 6.03 Å². The molecule has 0 unspecified atom stereocenters. The molecule has 2 aliphatic rings. The maximum Gasteiger partial charge on any atom is 0.323 e. The van der Waals surface area contributed by atoms with Gasteiger partial charge in [0, 0.05) is 49.6 Å². The van der Waals surface area contributed by atoms with Gasteiger partial charge < -0.3 is 44.3 Å². The van der Waals surface area contributed by atoms with E-state index in [9.17, 15) is 14.7 Å². The number of urea groups is 1. The van der Waals surface area contributed by atoms with Crippen LogP contribution in [0.3, 0.4) is 0 Å². The standard InChI is InChI=1S/C38H50N4O8/c1-25-20-42(26(2)23-43)37(44)32-18-29(39-38(45)40-30-12-16-34-35(19-30)49-24-48-34)11-15-33(32)50-27(3)8-6-7-17-47-36(25)22-41(4)21-28-9-13-31(46-5)14-10-28/h9-16,18-19,25-27,36,43H,6-8,17,20-24H2,1-5H3,(H2,39,40,45)/t25-,26-,27+,36+/m1/s1. The van der Waals surface area contributed by atoms with E-state index < -0.39 is 12.1 Å². The molecule has 5 rings (SSSR count). The fraction of sp³-hybridized carbons (Fsp3) is 0.474. The van der Waals surface area contributed by atoms with Crippen molar-refractivity contribution in [2.24, 2.45) is 5.92 Å². The third-order valence-electron chi connectivity index (χ3n) is 9.04. The molecule has 0 aliphatic carbocycles. The van der Waals surface area contributed by atoms with Crippen LogP contribution in [0.4, 0.5) is 16.2 Å². The van der Waals surface area contributed by atoms with Crippen molar-refractivity contribution in [2.75, 3.05) is 57.9 Å². The Bertz CT molecular complexity index is 1590. The van der Waals surface area contributed by atoms with Gasteiger partial charge in [0.15, 0.2) is 11.5 Å². The lowest BCUT2D eigenvalue weighted by Crippen LogP contribution is -2.47. The lowest BCUT2D eigenvalue weighted by Gasteiger charge is -2.36. The van der Waals surface area contributed by atoms with E-state index in [1.54, 1.807) is 48.4 Å². The number of ether oxygens (including phenoxy) is 5. The minimum atomic E-state index is -0.487. The third-order valence-corrected chi connectivity index (χ3v) is 9.04. The fourth-order valence-corrected chi connectivity index (χ4v) is 6.15. The highest BCUT2D eigenvalue weighted by molar-refractivity contribution is 6.02. The number of carbonyl (C=O) groups is 2. The average molecular weight is 691 g/mol. The number of carbonyl (C=O) groups excluding carboxylic acids is 2. The molecule has 0 aromatic heterocycles. The largest absolute Gasteiger partial charge is 0.497 e. The zero-order valence-corrected chi connectivity index (χ0v) is 29.6. The Morgan fingerprint density at radius 3 is 2.42 bits per heavy atom. The number of anilines is 2. The smallest absolute Gasteiger partial charge is 0.323 e. The molecule has 3 amide bonds. The maximum absolute atomic E-state index is 14.4. The summed E-state index contributed by atoms with van der Waals surface area (Å²) >= 11 is 0. The molecule has 3 aromatic rings. The monoisotopic (exact) mass is 690 g/mol. The van der Waals surface area contributed by atoms with Crippen LogP contribution in [0.15, 0.2) is 60.7 Å². The maximum atomic E-state index is 14.4. The molecule has 0 saturated heterocycles. The summed E-state index contributed by atoms with van der Waals surface area (Å²) in [6, 6.07) is 17.3. The molecule has 0 bridgehead atoms. The molecule has 3 N–H and O–H groups in total. The number of likely N-dealkylation sites (N-methyl/N-ethyl adjacent to an activating group) is 1. The molecule has 0 saturated carbocycles. The van der Waals surface area contributed by atoms with E-state index in [1.165, 1.54) is 0 Å². The van der Waals surface area contributed by atoms with Crippen LogP contribution in [0.25, 0.3) is 0 Å². The summed E-state index contributed by atoms with van der Waals surface area (Å²) in [5.41, 5.74) is 2.41. The molecule has 3 aromatic carbocycles. The number of benzene rings is 3. The van der Waals surface area contributed by atoms with Gasteiger partial charge in [-0.2, -0.15) is 0 Å². The number of hydrogen-bond acceptors (Lipinski definition) is 9. The minimum Gasteiger partial charge on any atom is -0.497 e. The summed E-state index contributed by atoms with van der Waals surface area (Å²) in [4.78, 5) is 31.4. The Labute approximate surface area is 294 Å². The Hall–Kier alpha value is -4.52. The summed E-state index contributed by atoms with van der Waals surface area (Å²) in [7, 11) is 3.72. The van der Waals surface area contributed by atoms with E-state index in [1.807, 2.05) is 26.0 Å². The minimum absolute atomic E-state index is 0.0636. The summed E-state index contributed by atoms with van der Waals surface area (Å²) in [6.07, 6.45) is 2.24. The van der Waals surface area contributed by atoms with Crippen LogP contribution in [0.5, 0.6) is 23.0 Å². The van der Waals surface area contributed by atoms with E-state index in [-0.39, 0.29) is 37.4 Å². The van der Waals surface area contributed by atoms with E-state index in [4.69, 9.17) is 23.7 Å². The normalized spacial score (nSPS) is 20.3. The van der Waals surface area contributed by atoms with Gasteiger partial charge in [-0.25, -0.2) is 4.79 Å². The zero-order valence-electron chi connectivity index (χ0n) is 29.6. The summed E-state index contributed by atoms with van der Waals surface area (Å²) in [5.74, 6) is 2.04. The Kier molecular flexibility index (Phi) is 12.8. The third kappa shape index (κ3) is 9.80. The lowest BCUT2D eigenvalue weighted by atomic mass is 10.0. The molecule has 270 valence electrons. The van der Waals surface area contributed by atoms with Gasteiger partial charge in [-0.1, -0.05) is 19.1 Å². The lowest BCUT2D eigenvalue weighted by molar-refractivity contribution is -0.0177. The highest BCUT2D eigenvalue weighted by atomic mass is 16.7. The number of nitrogens with one attached hydrogen (secondary N) is 2. The quantitative estimate of drug-likeness (QED) is 0.248. The molecular weight excluding hydrogens is 640 g/mol. The topological polar surface area (TPSA) is 131 Å². The second-order valence-corrected chi connectivity index (χ2v) is 13.2. The van der Waals surface area contributed by atoms with Crippen LogP contribution in [0.2, 0.25) is 0 Å². The Morgan fingerprint density at radius 1 is 1.00 bits per heavy atom. The summed E-state index contributed by atoms with van der Waals surface area (Å²) in [6.45, 7) is 8.14. The molecule has 0 fully saturated rings. The SMILES string of the molecule is COc1ccc(CN(C)C[C@@H]2OCCCC[C@H](C)Oc3ccc(NC(=O)Nc4ccc5c(c4)OCO5)cc3C(=O)N([C@H](C)CO)C[C@H]2C)cc1. The van der Waals surface area contributed by atoms with Gasteiger partial charge in [0.25, 0.3) is 5.91 Å². The van der Waals surface area contributed by atoms with Crippen LogP contribution >= 0.6 is 0 Å². The second-order valence-electron chi connectivity index (χ2n) is 13.2. The van der Waals surface area contributed by atoms with Gasteiger partial charge in [0.05, 0.1) is 37.5 Å². The molecule has 4 atom stereocenters. The number of methoxy groups -OCH3 is 1. The average Bonchev–Trinajstić information content (AvgIpc) is 3.58. The summed E-state index contributed by atoms with van der Waals surface area (Å²) in [5, 5.41) is 15.9. The van der Waals surface area contributed by atoms with Crippen molar-refractivity contribution in [3.8, 4) is 23.0 Å². The molecule has 12 nitrogen and oxygen atoms in total. The van der Waals surface area contributed by atoms with Crippen molar-refractivity contribution < 1.29 is 38.4 Å². The molecule has 50 heavy (non-hydrogen) atoms. The van der Waals surface area contributed by atoms with Crippen molar-refractivity contribution in [1.29, 1.82) is 0 Å². The van der Waals surface area contributed by atoms with Crippen molar-refractivity contribution >= 4 is 23.3 Å². The molecule has 0 spiro atoms. The first-order valence-corrected chi connectivity index (χ1v) is 17.3. The Balaban J connectivity index is 1.35. The number of aliphatic hydroxyl groups is 1. The highest BCUT2D eigenvalue weighted by Gasteiger charge is 2.30. The van der Waals surface area contributed by atoms with Gasteiger partial charge in [-0.05, 0) is 88.2 Å². The number of nitrogens with zero attached hydrogens (tertiary/aromatic N) is 2. The van der Waals surface area contributed by atoms with Crippen LogP contribution in [0.1, 0.15) is 56.0 Å². The number of amides is 3. The van der Waals surface area contributed by atoms with Gasteiger partial charge in [-0.15, -0.1) is 0 Å². The van der Waals surface area contributed by atoms with Gasteiger partial charge in [-0.3, -0.25) is 9.69 Å². The molecular formula is C38H50N4O8. The second kappa shape index (κ2) is 17.4. The number of rotatable bonds is 9. The van der Waals surface area contributed by atoms with Crippen molar-refractivity contribution in [2.45, 2.75) is 64.8 Å². The van der Waals surface area contributed by atoms with E-state index >= 15 is 0 Å². The predicted octanol–water partition coefficient (Wildman–Crippen LogP) is 6.00. The molecule has 0 radical (unpaired) electrons. The van der Waals surface area contributed by atoms with E-state index in [2.05, 4.69) is 41.6 Å². The molecule has 2 heterocycles. The summed E-state index contributed by atoms with van der Waals surface area (Å²) < 4.78 is 28.9. The number of hydrogen-bond donors (Lipinski definition) is 3. The van der Waals surface area contributed by atoms with Gasteiger partial charge in [0.2, 0.25) is 6.79 Å². The Morgan fingerprint density at radius 2 is 1.70 bits per heavy atom. The first-order valence-electron chi connectivity index (χ1n) is 17.3. The van der Waals surface area contributed by atoms with Crippen molar-refractivity contribution in [3.63, 3.8) is 0 Å². The van der Waals surface area contributed by atoms with Crippen molar-refractivity contribution in [1.82, 2.24) is 9.80 Å². The van der Waals surface area contributed by atoms with Crippen molar-refractivity contribution in [3.05, 3.63) is 71.8 Å².